The van der Waals surface area contributed by atoms with E-state index in [9.17, 15) is 4.79 Å². The van der Waals surface area contributed by atoms with Crippen LogP contribution in [0.3, 0.4) is 0 Å². The maximum atomic E-state index is 11.7. The summed E-state index contributed by atoms with van der Waals surface area (Å²) in [6.07, 6.45) is 4.01. The Morgan fingerprint density at radius 1 is 1.67 bits per heavy atom. The molecule has 3 rings (SSSR count). The molecule has 78 valence electrons. The van der Waals surface area contributed by atoms with Crippen LogP contribution >= 0.6 is 11.3 Å². The predicted octanol–water partition coefficient (Wildman–Crippen LogP) is 1.60. The molecule has 5 heteroatoms. The number of thiazole rings is 1. The van der Waals surface area contributed by atoms with Crippen molar-refractivity contribution in [2.45, 2.75) is 25.8 Å². The minimum absolute atomic E-state index is 0.0483. The molecular formula is C10H11N3OS. The molecule has 1 aliphatic carbocycles. The highest BCUT2D eigenvalue weighted by molar-refractivity contribution is 7.15. The van der Waals surface area contributed by atoms with E-state index in [-0.39, 0.29) is 5.91 Å². The Balaban J connectivity index is 1.92. The molecule has 0 atom stereocenters. The lowest BCUT2D eigenvalue weighted by Gasteiger charge is -1.97. The molecule has 15 heavy (non-hydrogen) atoms. The van der Waals surface area contributed by atoms with E-state index in [1.54, 1.807) is 17.5 Å². The van der Waals surface area contributed by atoms with E-state index >= 15 is 0 Å². The molecule has 0 radical (unpaired) electrons. The second-order valence-corrected chi connectivity index (χ2v) is 4.74. The summed E-state index contributed by atoms with van der Waals surface area (Å²) < 4.78 is 1.95. The van der Waals surface area contributed by atoms with Crippen LogP contribution in [0.4, 0.5) is 0 Å². The minimum atomic E-state index is -0.0483. The van der Waals surface area contributed by atoms with Crippen LogP contribution in [0.1, 0.15) is 29.0 Å². The number of hydrogen-bond donors (Lipinski definition) is 1. The fraction of sp³-hybridized carbons (Fsp3) is 0.400. The molecule has 4 nitrogen and oxygen atoms in total. The van der Waals surface area contributed by atoms with Crippen molar-refractivity contribution in [2.75, 3.05) is 0 Å². The van der Waals surface area contributed by atoms with E-state index in [0.29, 0.717) is 11.7 Å². The Labute approximate surface area is 90.9 Å². The van der Waals surface area contributed by atoms with Crippen LogP contribution in [0.25, 0.3) is 4.96 Å². The van der Waals surface area contributed by atoms with Crippen molar-refractivity contribution in [3.63, 3.8) is 0 Å². The van der Waals surface area contributed by atoms with Gasteiger partial charge >= 0.3 is 0 Å². The maximum Gasteiger partial charge on any atom is 0.271 e. The summed E-state index contributed by atoms with van der Waals surface area (Å²) in [5.74, 6) is -0.0483. The van der Waals surface area contributed by atoms with E-state index in [4.69, 9.17) is 0 Å². The molecular weight excluding hydrogens is 210 g/mol. The first-order chi connectivity index (χ1) is 7.24. The van der Waals surface area contributed by atoms with Gasteiger partial charge in [-0.1, -0.05) is 0 Å². The third-order valence-corrected chi connectivity index (χ3v) is 3.49. The molecule has 2 aromatic rings. The Kier molecular flexibility index (Phi) is 1.82. The van der Waals surface area contributed by atoms with Gasteiger partial charge in [-0.15, -0.1) is 11.3 Å². The third-order valence-electron chi connectivity index (χ3n) is 2.53. The number of rotatable bonds is 2. The summed E-state index contributed by atoms with van der Waals surface area (Å²) in [5, 5.41) is 4.96. The first kappa shape index (κ1) is 8.91. The van der Waals surface area contributed by atoms with E-state index in [1.165, 1.54) is 0 Å². The first-order valence-electron chi connectivity index (χ1n) is 4.98. The highest BCUT2D eigenvalue weighted by atomic mass is 32.1. The molecule has 0 unspecified atom stereocenters. The number of carbonyl (C=O) groups excluding carboxylic acids is 1. The molecule has 1 N–H and O–H groups in total. The van der Waals surface area contributed by atoms with Gasteiger partial charge in [-0.25, -0.2) is 4.98 Å². The molecule has 1 amide bonds. The van der Waals surface area contributed by atoms with Crippen LogP contribution in [0.15, 0.2) is 11.6 Å². The minimum Gasteiger partial charge on any atom is -0.348 e. The van der Waals surface area contributed by atoms with Gasteiger partial charge < -0.3 is 5.32 Å². The molecule has 0 aromatic carbocycles. The van der Waals surface area contributed by atoms with Crippen molar-refractivity contribution >= 4 is 22.2 Å². The number of hydrogen-bond acceptors (Lipinski definition) is 3. The Morgan fingerprint density at radius 2 is 2.47 bits per heavy atom. The summed E-state index contributed by atoms with van der Waals surface area (Å²) >= 11 is 1.56. The van der Waals surface area contributed by atoms with Gasteiger partial charge in [-0.3, -0.25) is 9.20 Å². The van der Waals surface area contributed by atoms with Crippen LogP contribution in [-0.2, 0) is 0 Å². The van der Waals surface area contributed by atoms with Crippen LogP contribution in [0, 0.1) is 6.92 Å². The zero-order valence-corrected chi connectivity index (χ0v) is 9.17. The fourth-order valence-corrected chi connectivity index (χ4v) is 2.34. The summed E-state index contributed by atoms with van der Waals surface area (Å²) in [4.78, 5) is 16.9. The molecule has 2 aromatic heterocycles. The molecule has 0 spiro atoms. The quantitative estimate of drug-likeness (QED) is 0.837. The normalized spacial score (nSPS) is 15.8. The Hall–Kier alpha value is -1.36. The van der Waals surface area contributed by atoms with Crippen LogP contribution in [0.2, 0.25) is 0 Å². The molecule has 1 fully saturated rings. The lowest BCUT2D eigenvalue weighted by atomic mass is 10.4. The molecule has 2 heterocycles. The summed E-state index contributed by atoms with van der Waals surface area (Å²) in [6, 6.07) is 0.387. The van der Waals surface area contributed by atoms with Crippen LogP contribution in [0.5, 0.6) is 0 Å². The second kappa shape index (κ2) is 3.06. The zero-order valence-electron chi connectivity index (χ0n) is 8.36. The zero-order chi connectivity index (χ0) is 10.4. The molecule has 0 aliphatic heterocycles. The van der Waals surface area contributed by atoms with E-state index in [2.05, 4.69) is 10.3 Å². The predicted molar refractivity (Wildman–Crippen MR) is 58.3 cm³/mol. The number of fused-ring (bicyclic) bond motifs is 1. The standard InChI is InChI=1S/C10H11N3OS/c1-6-5-15-10-12-8(4-13(6)10)9(14)11-7-2-3-7/h4-5,7H,2-3H2,1H3,(H,11,14). The van der Waals surface area contributed by atoms with E-state index < -0.39 is 0 Å². The smallest absolute Gasteiger partial charge is 0.271 e. The first-order valence-corrected chi connectivity index (χ1v) is 5.86. The van der Waals surface area contributed by atoms with Crippen molar-refractivity contribution in [3.8, 4) is 0 Å². The van der Waals surface area contributed by atoms with Crippen molar-refractivity contribution < 1.29 is 4.79 Å². The van der Waals surface area contributed by atoms with Gasteiger partial charge in [0, 0.05) is 23.3 Å². The Morgan fingerprint density at radius 3 is 3.13 bits per heavy atom. The SMILES string of the molecule is Cc1csc2nc(C(=O)NC3CC3)cn12. The van der Waals surface area contributed by atoms with Crippen LogP contribution in [-0.4, -0.2) is 21.3 Å². The number of amides is 1. The van der Waals surface area contributed by atoms with Gasteiger partial charge in [0.15, 0.2) is 4.96 Å². The Bertz CT molecular complexity index is 524. The lowest BCUT2D eigenvalue weighted by molar-refractivity contribution is 0.0946. The average Bonchev–Trinajstić information content (AvgIpc) is 2.79. The van der Waals surface area contributed by atoms with E-state index in [1.807, 2.05) is 16.7 Å². The highest BCUT2D eigenvalue weighted by Gasteiger charge is 2.25. The number of nitrogens with one attached hydrogen (secondary N) is 1. The molecule has 1 aliphatic rings. The molecule has 1 saturated carbocycles. The number of carbonyl (C=O) groups is 1. The summed E-state index contributed by atoms with van der Waals surface area (Å²) in [6.45, 7) is 2.01. The van der Waals surface area contributed by atoms with E-state index in [0.717, 1.165) is 23.5 Å². The second-order valence-electron chi connectivity index (χ2n) is 3.90. The number of aryl methyl sites for hydroxylation is 1. The largest absolute Gasteiger partial charge is 0.348 e. The van der Waals surface area contributed by atoms with Gasteiger partial charge in [0.05, 0.1) is 0 Å². The van der Waals surface area contributed by atoms with Crippen molar-refractivity contribution in [1.29, 1.82) is 0 Å². The lowest BCUT2D eigenvalue weighted by Crippen LogP contribution is -2.25. The van der Waals surface area contributed by atoms with Gasteiger partial charge in [-0.05, 0) is 19.8 Å². The number of imidazole rings is 1. The van der Waals surface area contributed by atoms with Gasteiger partial charge in [0.25, 0.3) is 5.91 Å². The van der Waals surface area contributed by atoms with Gasteiger partial charge in [0.2, 0.25) is 0 Å². The average molecular weight is 221 g/mol. The topological polar surface area (TPSA) is 46.4 Å². The monoisotopic (exact) mass is 221 g/mol. The number of nitrogens with zero attached hydrogens (tertiary/aromatic N) is 2. The number of aromatic nitrogens is 2. The highest BCUT2D eigenvalue weighted by Crippen LogP contribution is 2.20. The van der Waals surface area contributed by atoms with Gasteiger partial charge in [-0.2, -0.15) is 0 Å². The molecule has 0 bridgehead atoms. The maximum absolute atomic E-state index is 11.7. The van der Waals surface area contributed by atoms with Crippen LogP contribution < -0.4 is 5.32 Å². The molecule has 0 saturated heterocycles. The van der Waals surface area contributed by atoms with Crippen molar-refractivity contribution in [1.82, 2.24) is 14.7 Å². The summed E-state index contributed by atoms with van der Waals surface area (Å²) in [7, 11) is 0. The van der Waals surface area contributed by atoms with Crippen molar-refractivity contribution in [2.24, 2.45) is 0 Å². The third kappa shape index (κ3) is 1.52. The van der Waals surface area contributed by atoms with Gasteiger partial charge in [0.1, 0.15) is 5.69 Å². The fourth-order valence-electron chi connectivity index (χ4n) is 1.49. The van der Waals surface area contributed by atoms with Crippen molar-refractivity contribution in [3.05, 3.63) is 23.0 Å². The summed E-state index contributed by atoms with van der Waals surface area (Å²) in [5.41, 5.74) is 1.64.